The van der Waals surface area contributed by atoms with Gasteiger partial charge in [0.2, 0.25) is 0 Å². The molecule has 0 atom stereocenters. The molecule has 0 bridgehead atoms. The lowest BCUT2D eigenvalue weighted by Crippen LogP contribution is -2.49. The van der Waals surface area contributed by atoms with Gasteiger partial charge in [-0.05, 0) is 48.9 Å². The van der Waals surface area contributed by atoms with Gasteiger partial charge in [-0.3, -0.25) is 0 Å². The van der Waals surface area contributed by atoms with Gasteiger partial charge >= 0.3 is 5.97 Å². The van der Waals surface area contributed by atoms with Crippen LogP contribution in [0.5, 0.6) is 0 Å². The normalized spacial score (nSPS) is 13.2. The van der Waals surface area contributed by atoms with Crippen molar-refractivity contribution in [1.29, 1.82) is 0 Å². The monoisotopic (exact) mass is 453 g/mol. The number of benzene rings is 1. The summed E-state index contributed by atoms with van der Waals surface area (Å²) in [6.45, 7) is 3.33. The summed E-state index contributed by atoms with van der Waals surface area (Å²) in [6, 6.07) is 16.6. The predicted octanol–water partition coefficient (Wildman–Crippen LogP) is 3.10. The lowest BCUT2D eigenvalue weighted by molar-refractivity contribution is 0.0169. The van der Waals surface area contributed by atoms with E-state index in [1.807, 2.05) is 43.3 Å². The van der Waals surface area contributed by atoms with Gasteiger partial charge in [0.05, 0.1) is 5.56 Å². The van der Waals surface area contributed by atoms with Crippen molar-refractivity contribution in [2.45, 2.75) is 19.4 Å². The second-order valence-corrected chi connectivity index (χ2v) is 7.98. The van der Waals surface area contributed by atoms with E-state index in [0.29, 0.717) is 54.1 Å². The van der Waals surface area contributed by atoms with Crippen molar-refractivity contribution >= 4 is 17.6 Å². The van der Waals surface area contributed by atoms with Gasteiger partial charge in [0.1, 0.15) is 29.3 Å². The second kappa shape index (κ2) is 9.72. The molecule has 1 fully saturated rings. The number of hydrogen-bond acceptors (Lipinski definition) is 9. The highest BCUT2D eigenvalue weighted by molar-refractivity contribution is 5.89. The van der Waals surface area contributed by atoms with Crippen molar-refractivity contribution in [2.24, 2.45) is 0 Å². The van der Waals surface area contributed by atoms with E-state index < -0.39 is 0 Å². The minimum atomic E-state index is -0.313. The summed E-state index contributed by atoms with van der Waals surface area (Å²) in [5.74, 6) is 2.05. The molecular formula is C25H23N7O2. The van der Waals surface area contributed by atoms with Crippen molar-refractivity contribution in [2.75, 3.05) is 18.4 Å². The standard InChI is InChI=1S/C25H23N7O2/c1-16-4-2-7-20(29-16)24-28-11-9-22(32-24)30-21-8-10-27-23(31-21)13-17-5-3-6-18(12-17)25(33)34-19-14-26-15-19/h2-12,19,26H,13-15H2,1H3,(H,27,28,30,31,32). The quantitative estimate of drug-likeness (QED) is 0.407. The number of hydrogen-bond donors (Lipinski definition) is 2. The van der Waals surface area contributed by atoms with Crippen LogP contribution >= 0.6 is 0 Å². The first-order valence-electron chi connectivity index (χ1n) is 11.0. The van der Waals surface area contributed by atoms with Gasteiger partial charge in [-0.25, -0.2) is 29.7 Å². The molecule has 0 unspecified atom stereocenters. The molecule has 1 saturated heterocycles. The molecule has 0 aliphatic carbocycles. The molecule has 0 saturated carbocycles. The van der Waals surface area contributed by atoms with E-state index in [0.717, 1.165) is 11.3 Å². The van der Waals surface area contributed by atoms with E-state index in [1.165, 1.54) is 0 Å². The highest BCUT2D eigenvalue weighted by Crippen LogP contribution is 2.18. The lowest BCUT2D eigenvalue weighted by Gasteiger charge is -2.26. The average molecular weight is 454 g/mol. The maximum absolute atomic E-state index is 12.4. The molecule has 5 rings (SSSR count). The van der Waals surface area contributed by atoms with Crippen molar-refractivity contribution in [3.8, 4) is 11.5 Å². The third-order valence-corrected chi connectivity index (χ3v) is 5.28. The number of esters is 1. The van der Waals surface area contributed by atoms with Gasteiger partial charge in [-0.1, -0.05) is 18.2 Å². The maximum Gasteiger partial charge on any atom is 0.338 e. The van der Waals surface area contributed by atoms with Crippen LogP contribution in [0.15, 0.2) is 67.0 Å². The van der Waals surface area contributed by atoms with Crippen LogP contribution in [0.2, 0.25) is 0 Å². The third kappa shape index (κ3) is 5.21. The Morgan fingerprint density at radius 3 is 2.59 bits per heavy atom. The van der Waals surface area contributed by atoms with Gasteiger partial charge in [0.15, 0.2) is 5.82 Å². The third-order valence-electron chi connectivity index (χ3n) is 5.28. The fraction of sp³-hybridized carbons (Fsp3) is 0.200. The number of nitrogens with one attached hydrogen (secondary N) is 2. The first-order chi connectivity index (χ1) is 16.6. The van der Waals surface area contributed by atoms with E-state index in [2.05, 4.69) is 35.6 Å². The summed E-state index contributed by atoms with van der Waals surface area (Å²) in [5, 5.41) is 6.30. The topological polar surface area (TPSA) is 115 Å². The zero-order chi connectivity index (χ0) is 23.3. The Hall–Kier alpha value is -4.24. The van der Waals surface area contributed by atoms with Gasteiger partial charge in [-0.2, -0.15) is 0 Å². The molecule has 1 aliphatic rings. The van der Waals surface area contributed by atoms with Gasteiger partial charge in [0, 0.05) is 37.6 Å². The van der Waals surface area contributed by atoms with Gasteiger partial charge in [0.25, 0.3) is 0 Å². The van der Waals surface area contributed by atoms with E-state index in [-0.39, 0.29) is 12.1 Å². The molecule has 9 heteroatoms. The van der Waals surface area contributed by atoms with E-state index in [4.69, 9.17) is 4.74 Å². The summed E-state index contributed by atoms with van der Waals surface area (Å²) >= 11 is 0. The molecule has 0 amide bonds. The number of carbonyl (C=O) groups is 1. The Morgan fingerprint density at radius 2 is 1.79 bits per heavy atom. The highest BCUT2D eigenvalue weighted by Gasteiger charge is 2.22. The zero-order valence-corrected chi connectivity index (χ0v) is 18.6. The Bertz CT molecular complexity index is 1320. The summed E-state index contributed by atoms with van der Waals surface area (Å²) in [6.07, 6.45) is 3.80. The fourth-order valence-corrected chi connectivity index (χ4v) is 3.46. The maximum atomic E-state index is 12.4. The summed E-state index contributed by atoms with van der Waals surface area (Å²) in [7, 11) is 0. The Morgan fingerprint density at radius 1 is 1.00 bits per heavy atom. The van der Waals surface area contributed by atoms with Crippen LogP contribution in [-0.4, -0.2) is 50.1 Å². The molecule has 4 heterocycles. The minimum absolute atomic E-state index is 0.0498. The van der Waals surface area contributed by atoms with Crippen molar-refractivity contribution in [3.05, 3.63) is 89.6 Å². The number of aromatic nitrogens is 5. The number of rotatable bonds is 7. The largest absolute Gasteiger partial charge is 0.456 e. The number of anilines is 2. The van der Waals surface area contributed by atoms with Crippen molar-refractivity contribution in [1.82, 2.24) is 30.2 Å². The smallest absolute Gasteiger partial charge is 0.338 e. The molecule has 0 spiro atoms. The van der Waals surface area contributed by atoms with Crippen LogP contribution in [0.25, 0.3) is 11.5 Å². The Kier molecular flexibility index (Phi) is 6.17. The summed E-state index contributed by atoms with van der Waals surface area (Å²) < 4.78 is 5.45. The minimum Gasteiger partial charge on any atom is -0.456 e. The number of carbonyl (C=O) groups excluding carboxylic acids is 1. The highest BCUT2D eigenvalue weighted by atomic mass is 16.5. The van der Waals surface area contributed by atoms with E-state index >= 15 is 0 Å². The zero-order valence-electron chi connectivity index (χ0n) is 18.6. The molecule has 2 N–H and O–H groups in total. The molecule has 4 aromatic rings. The molecule has 170 valence electrons. The predicted molar refractivity (Wildman–Crippen MR) is 127 cm³/mol. The van der Waals surface area contributed by atoms with Gasteiger partial charge in [-0.15, -0.1) is 0 Å². The van der Waals surface area contributed by atoms with Crippen LogP contribution in [0.3, 0.4) is 0 Å². The van der Waals surface area contributed by atoms with Crippen LogP contribution in [0.4, 0.5) is 11.6 Å². The first kappa shape index (κ1) is 21.6. The molecular weight excluding hydrogens is 430 g/mol. The average Bonchev–Trinajstić information content (AvgIpc) is 2.82. The Labute approximate surface area is 196 Å². The van der Waals surface area contributed by atoms with Crippen LogP contribution in [0, 0.1) is 6.92 Å². The lowest BCUT2D eigenvalue weighted by atomic mass is 10.1. The Balaban J connectivity index is 1.29. The van der Waals surface area contributed by atoms with Crippen molar-refractivity contribution < 1.29 is 9.53 Å². The molecule has 34 heavy (non-hydrogen) atoms. The van der Waals surface area contributed by atoms with Crippen molar-refractivity contribution in [3.63, 3.8) is 0 Å². The van der Waals surface area contributed by atoms with E-state index in [9.17, 15) is 4.79 Å². The SMILES string of the molecule is Cc1cccc(-c2nccc(Nc3ccnc(Cc4cccc(C(=O)OC5CNC5)c4)n3)n2)n1. The van der Waals surface area contributed by atoms with Crippen LogP contribution in [-0.2, 0) is 11.2 Å². The molecule has 1 aliphatic heterocycles. The summed E-state index contributed by atoms with van der Waals surface area (Å²) in [4.78, 5) is 34.7. The van der Waals surface area contributed by atoms with Crippen LogP contribution < -0.4 is 10.6 Å². The number of ether oxygens (including phenoxy) is 1. The van der Waals surface area contributed by atoms with Crippen LogP contribution in [0.1, 0.15) is 27.4 Å². The van der Waals surface area contributed by atoms with E-state index in [1.54, 1.807) is 30.6 Å². The molecule has 3 aromatic heterocycles. The first-order valence-corrected chi connectivity index (χ1v) is 11.0. The second-order valence-electron chi connectivity index (χ2n) is 7.98. The number of pyridine rings is 1. The molecule has 1 aromatic carbocycles. The summed E-state index contributed by atoms with van der Waals surface area (Å²) in [5.41, 5.74) is 3.06. The van der Waals surface area contributed by atoms with Gasteiger partial charge < -0.3 is 15.4 Å². The fourth-order valence-electron chi connectivity index (χ4n) is 3.46. The molecule has 9 nitrogen and oxygen atoms in total. The number of aryl methyl sites for hydroxylation is 1. The molecule has 0 radical (unpaired) electrons. The number of nitrogens with zero attached hydrogens (tertiary/aromatic N) is 5.